The Morgan fingerprint density at radius 3 is 2.96 bits per heavy atom. The molecule has 0 radical (unpaired) electrons. The van der Waals surface area contributed by atoms with Gasteiger partial charge in [-0.25, -0.2) is 0 Å². The van der Waals surface area contributed by atoms with Crippen LogP contribution in [0.4, 0.5) is 5.69 Å². The number of hydrogen-bond acceptors (Lipinski definition) is 4. The second kappa shape index (κ2) is 7.21. The molecule has 2 aliphatic rings. The van der Waals surface area contributed by atoms with Crippen molar-refractivity contribution in [3.63, 3.8) is 0 Å². The fraction of sp³-hybridized carbons (Fsp3) is 0.632. The van der Waals surface area contributed by atoms with E-state index in [0.29, 0.717) is 13.1 Å². The van der Waals surface area contributed by atoms with Gasteiger partial charge in [-0.3, -0.25) is 9.69 Å². The minimum absolute atomic E-state index is 0.0573. The lowest BCUT2D eigenvalue weighted by Crippen LogP contribution is -2.43. The number of rotatable bonds is 5. The number of carbonyl (C=O) groups excluding carboxylic acids is 1. The Kier molecular flexibility index (Phi) is 5.23. The molecule has 1 amide bonds. The van der Waals surface area contributed by atoms with Crippen LogP contribution in [0.5, 0.6) is 0 Å². The summed E-state index contributed by atoms with van der Waals surface area (Å²) in [7, 11) is 1.74. The molecule has 2 aliphatic heterocycles. The lowest BCUT2D eigenvalue weighted by molar-refractivity contribution is -0.119. The summed E-state index contributed by atoms with van der Waals surface area (Å²) in [6.07, 6.45) is 2.15. The van der Waals surface area contributed by atoms with E-state index in [9.17, 15) is 4.79 Å². The number of likely N-dealkylation sites (tertiary alicyclic amines) is 1. The number of methoxy groups -OCH3 is 1. The van der Waals surface area contributed by atoms with Crippen molar-refractivity contribution in [2.24, 2.45) is 0 Å². The molecule has 0 N–H and O–H groups in total. The van der Waals surface area contributed by atoms with Gasteiger partial charge in [0.05, 0.1) is 12.6 Å². The maximum atomic E-state index is 12.8. The Labute approximate surface area is 144 Å². The topological polar surface area (TPSA) is 42.0 Å². The highest BCUT2D eigenvalue weighted by Crippen LogP contribution is 2.36. The number of hydrogen-bond donors (Lipinski definition) is 0. The third-order valence-electron chi connectivity index (χ3n) is 5.21. The van der Waals surface area contributed by atoms with Crippen LogP contribution in [0.3, 0.4) is 0 Å². The molecular weight excluding hydrogens is 304 g/mol. The third-order valence-corrected chi connectivity index (χ3v) is 5.21. The molecule has 1 spiro atoms. The molecule has 2 atom stereocenters. The van der Waals surface area contributed by atoms with Crippen LogP contribution in [0.25, 0.3) is 0 Å². The van der Waals surface area contributed by atoms with Crippen LogP contribution in [0.15, 0.2) is 24.3 Å². The van der Waals surface area contributed by atoms with Gasteiger partial charge < -0.3 is 14.4 Å². The molecule has 0 aliphatic carbocycles. The molecule has 3 rings (SSSR count). The predicted molar refractivity (Wildman–Crippen MR) is 94.4 cm³/mol. The molecule has 2 saturated heterocycles. The summed E-state index contributed by atoms with van der Waals surface area (Å²) in [5.41, 5.74) is 1.92. The number of anilines is 1. The fourth-order valence-electron chi connectivity index (χ4n) is 4.03. The first-order valence-electron chi connectivity index (χ1n) is 8.84. The van der Waals surface area contributed by atoms with Crippen LogP contribution in [-0.4, -0.2) is 62.4 Å². The van der Waals surface area contributed by atoms with Crippen molar-refractivity contribution >= 4 is 11.6 Å². The van der Waals surface area contributed by atoms with Crippen molar-refractivity contribution in [1.82, 2.24) is 4.90 Å². The zero-order valence-electron chi connectivity index (χ0n) is 15.0. The first-order chi connectivity index (χ1) is 11.6. The van der Waals surface area contributed by atoms with Crippen molar-refractivity contribution in [2.75, 3.05) is 44.8 Å². The third kappa shape index (κ3) is 3.34. The quantitative estimate of drug-likeness (QED) is 0.829. The van der Waals surface area contributed by atoms with E-state index in [-0.39, 0.29) is 17.6 Å². The van der Waals surface area contributed by atoms with Gasteiger partial charge in [-0.1, -0.05) is 12.1 Å². The van der Waals surface area contributed by atoms with Crippen molar-refractivity contribution in [1.29, 1.82) is 0 Å². The van der Waals surface area contributed by atoms with Gasteiger partial charge in [-0.2, -0.15) is 0 Å². The maximum absolute atomic E-state index is 12.8. The number of benzene rings is 1. The van der Waals surface area contributed by atoms with Crippen molar-refractivity contribution in [3.8, 4) is 0 Å². The fourth-order valence-corrected chi connectivity index (χ4v) is 4.03. The Hall–Kier alpha value is -1.43. The summed E-state index contributed by atoms with van der Waals surface area (Å²) < 4.78 is 11.7. The van der Waals surface area contributed by atoms with E-state index < -0.39 is 0 Å². The van der Waals surface area contributed by atoms with Crippen LogP contribution < -0.4 is 4.90 Å². The van der Waals surface area contributed by atoms with E-state index in [1.54, 1.807) is 7.11 Å². The number of carbonyl (C=O) groups is 1. The van der Waals surface area contributed by atoms with E-state index in [1.807, 2.05) is 36.9 Å². The van der Waals surface area contributed by atoms with Crippen LogP contribution in [0.1, 0.15) is 25.3 Å². The number of likely N-dealkylation sites (N-methyl/N-ethyl adjacent to an activating group) is 1. The molecular formula is C19H28N2O3. The highest BCUT2D eigenvalue weighted by atomic mass is 16.6. The van der Waals surface area contributed by atoms with Gasteiger partial charge in [0.1, 0.15) is 5.60 Å². The van der Waals surface area contributed by atoms with Gasteiger partial charge in [0, 0.05) is 39.0 Å². The molecule has 1 aromatic carbocycles. The smallest absolute Gasteiger partial charge is 0.241 e. The first-order valence-corrected chi connectivity index (χ1v) is 8.84. The SMILES string of the molecule is CCN(C(=O)CN1C[C@@H](OC)[C@@]2(CCCO2)C1)c1cccc(C)c1. The van der Waals surface area contributed by atoms with Gasteiger partial charge in [-0.05, 0) is 44.4 Å². The summed E-state index contributed by atoms with van der Waals surface area (Å²) in [6.45, 7) is 7.48. The second-order valence-corrected chi connectivity index (χ2v) is 6.89. The molecule has 0 bridgehead atoms. The zero-order valence-corrected chi connectivity index (χ0v) is 15.0. The highest BCUT2D eigenvalue weighted by molar-refractivity contribution is 5.94. The second-order valence-electron chi connectivity index (χ2n) is 6.89. The van der Waals surface area contributed by atoms with Gasteiger partial charge in [0.25, 0.3) is 0 Å². The Balaban J connectivity index is 1.68. The Bertz CT molecular complexity index is 584. The van der Waals surface area contributed by atoms with E-state index >= 15 is 0 Å². The predicted octanol–water partition coefficient (Wildman–Crippen LogP) is 2.23. The maximum Gasteiger partial charge on any atom is 0.241 e. The number of amides is 1. The van der Waals surface area contributed by atoms with Crippen LogP contribution in [0, 0.1) is 6.92 Å². The molecule has 1 aromatic rings. The minimum Gasteiger partial charge on any atom is -0.377 e. The summed E-state index contributed by atoms with van der Waals surface area (Å²) in [6, 6.07) is 8.11. The molecule has 24 heavy (non-hydrogen) atoms. The lowest BCUT2D eigenvalue weighted by Gasteiger charge is -2.28. The zero-order chi connectivity index (χ0) is 17.2. The van der Waals surface area contributed by atoms with Crippen LogP contribution in [-0.2, 0) is 14.3 Å². The van der Waals surface area contributed by atoms with E-state index in [0.717, 1.165) is 43.8 Å². The molecule has 132 valence electrons. The van der Waals surface area contributed by atoms with Gasteiger partial charge in [0.2, 0.25) is 5.91 Å². The highest BCUT2D eigenvalue weighted by Gasteiger charge is 2.50. The summed E-state index contributed by atoms with van der Waals surface area (Å²) >= 11 is 0. The molecule has 0 unspecified atom stereocenters. The number of aryl methyl sites for hydroxylation is 1. The Morgan fingerprint density at radius 2 is 2.33 bits per heavy atom. The summed E-state index contributed by atoms with van der Waals surface area (Å²) in [5.74, 6) is 0.132. The molecule has 5 nitrogen and oxygen atoms in total. The standard InChI is InChI=1S/C19H28N2O3/c1-4-21(16-8-5-7-15(2)11-16)18(22)13-20-12-17(23-3)19(14-20)9-6-10-24-19/h5,7-8,11,17H,4,6,9-10,12-14H2,1-3H3/t17-,19-/m1/s1. The molecule has 2 fully saturated rings. The van der Waals surface area contributed by atoms with Crippen molar-refractivity contribution < 1.29 is 14.3 Å². The summed E-state index contributed by atoms with van der Waals surface area (Å²) in [4.78, 5) is 16.9. The lowest BCUT2D eigenvalue weighted by atomic mass is 9.97. The van der Waals surface area contributed by atoms with Gasteiger partial charge in [-0.15, -0.1) is 0 Å². The molecule has 2 heterocycles. The summed E-state index contributed by atoms with van der Waals surface area (Å²) in [5, 5.41) is 0. The largest absolute Gasteiger partial charge is 0.377 e. The monoisotopic (exact) mass is 332 g/mol. The van der Waals surface area contributed by atoms with Gasteiger partial charge >= 0.3 is 0 Å². The van der Waals surface area contributed by atoms with Crippen LogP contribution >= 0.6 is 0 Å². The average molecular weight is 332 g/mol. The normalized spacial score (nSPS) is 27.0. The minimum atomic E-state index is -0.213. The number of nitrogens with zero attached hydrogens (tertiary/aromatic N) is 2. The molecule has 0 aromatic heterocycles. The molecule has 5 heteroatoms. The number of ether oxygens (including phenoxy) is 2. The Morgan fingerprint density at radius 1 is 1.50 bits per heavy atom. The van der Waals surface area contributed by atoms with Gasteiger partial charge in [0.15, 0.2) is 0 Å². The first kappa shape index (κ1) is 17.4. The average Bonchev–Trinajstić information content (AvgIpc) is 3.15. The van der Waals surface area contributed by atoms with Crippen LogP contribution in [0.2, 0.25) is 0 Å². The van der Waals surface area contributed by atoms with E-state index in [1.165, 1.54) is 0 Å². The molecule has 0 saturated carbocycles. The van der Waals surface area contributed by atoms with Crippen molar-refractivity contribution in [3.05, 3.63) is 29.8 Å². The van der Waals surface area contributed by atoms with E-state index in [4.69, 9.17) is 9.47 Å². The van der Waals surface area contributed by atoms with Crippen molar-refractivity contribution in [2.45, 2.75) is 38.4 Å². The van der Waals surface area contributed by atoms with E-state index in [2.05, 4.69) is 11.0 Å².